The fraction of sp³-hybridized carbons (Fsp3) is 0.385. The molecule has 1 amide bonds. The highest BCUT2D eigenvalue weighted by Gasteiger charge is 2.35. The second-order valence-electron chi connectivity index (χ2n) is 9.12. The van der Waals surface area contributed by atoms with Crippen molar-refractivity contribution in [1.82, 2.24) is 9.29 Å². The predicted molar refractivity (Wildman–Crippen MR) is 144 cm³/mol. The van der Waals surface area contributed by atoms with Crippen LogP contribution in [0.25, 0.3) is 11.3 Å². The number of piperidine rings is 1. The molecule has 0 aliphatic carbocycles. The Kier molecular flexibility index (Phi) is 7.67. The zero-order chi connectivity index (χ0) is 26.0. The smallest absolute Gasteiger partial charge is 0.243 e. The Morgan fingerprint density at radius 1 is 1.17 bits per heavy atom. The second-order valence-corrected chi connectivity index (χ2v) is 11.9. The van der Waals surface area contributed by atoms with Crippen LogP contribution in [-0.4, -0.2) is 50.9 Å². The van der Waals surface area contributed by atoms with Crippen LogP contribution in [0.1, 0.15) is 29.5 Å². The van der Waals surface area contributed by atoms with Crippen LogP contribution in [0.2, 0.25) is 0 Å². The molecule has 2 N–H and O–H groups in total. The Balaban J connectivity index is 1.55. The molecule has 0 spiro atoms. The van der Waals surface area contributed by atoms with Crippen LogP contribution in [0.4, 0.5) is 10.8 Å². The van der Waals surface area contributed by atoms with Crippen LogP contribution in [0, 0.1) is 26.7 Å². The van der Waals surface area contributed by atoms with Gasteiger partial charge in [-0.2, -0.15) is 4.31 Å². The van der Waals surface area contributed by atoms with E-state index in [0.717, 1.165) is 33.1 Å². The Bertz CT molecular complexity index is 1360. The molecule has 0 radical (unpaired) electrons. The van der Waals surface area contributed by atoms with Gasteiger partial charge < -0.3 is 15.4 Å². The topological polar surface area (TPSA) is 101 Å². The van der Waals surface area contributed by atoms with Gasteiger partial charge in [0.25, 0.3) is 0 Å². The molecule has 0 bridgehead atoms. The molecule has 1 fully saturated rings. The Labute approximate surface area is 216 Å². The van der Waals surface area contributed by atoms with Gasteiger partial charge in [0.1, 0.15) is 5.75 Å². The number of sulfonamides is 1. The highest BCUT2D eigenvalue weighted by molar-refractivity contribution is 7.89. The van der Waals surface area contributed by atoms with Crippen molar-refractivity contribution in [3.63, 3.8) is 0 Å². The van der Waals surface area contributed by atoms with Gasteiger partial charge in [-0.1, -0.05) is 17.7 Å². The third kappa shape index (κ3) is 5.25. The standard InChI is InChI=1S/C26H32N4O4S2/c1-16-11-17(2)24(18(3)12-16)36(32,33)30-10-6-7-20(14-30)25(31)28-21-13-19(8-9-23(21)34-5)22-15-35-26(27-4)29-22/h8-9,11-13,15,20H,6-7,10,14H2,1-5H3,(H,27,29)(H,28,31). The number of anilines is 2. The van der Waals surface area contributed by atoms with Crippen LogP contribution < -0.4 is 15.4 Å². The molecule has 192 valence electrons. The number of carbonyl (C=O) groups excluding carboxylic acids is 1. The molecular formula is C26H32N4O4S2. The van der Waals surface area contributed by atoms with Crippen molar-refractivity contribution in [3.8, 4) is 17.0 Å². The van der Waals surface area contributed by atoms with E-state index in [1.807, 2.05) is 57.5 Å². The number of hydrogen-bond acceptors (Lipinski definition) is 7. The zero-order valence-electron chi connectivity index (χ0n) is 21.2. The van der Waals surface area contributed by atoms with Gasteiger partial charge in [0, 0.05) is 31.1 Å². The number of nitrogens with zero attached hydrogens (tertiary/aromatic N) is 2. The second kappa shape index (κ2) is 10.6. The van der Waals surface area contributed by atoms with Crippen LogP contribution in [0.3, 0.4) is 0 Å². The van der Waals surface area contributed by atoms with Crippen LogP contribution in [-0.2, 0) is 14.8 Å². The molecular weight excluding hydrogens is 496 g/mol. The van der Waals surface area contributed by atoms with Gasteiger partial charge in [0.05, 0.1) is 29.3 Å². The summed E-state index contributed by atoms with van der Waals surface area (Å²) in [5.41, 5.74) is 4.65. The Morgan fingerprint density at radius 2 is 1.89 bits per heavy atom. The van der Waals surface area contributed by atoms with Crippen molar-refractivity contribution in [2.75, 3.05) is 37.9 Å². The van der Waals surface area contributed by atoms with E-state index >= 15 is 0 Å². The first kappa shape index (κ1) is 26.1. The van der Waals surface area contributed by atoms with Crippen LogP contribution >= 0.6 is 11.3 Å². The minimum absolute atomic E-state index is 0.139. The predicted octanol–water partition coefficient (Wildman–Crippen LogP) is 4.83. The van der Waals surface area contributed by atoms with Gasteiger partial charge in [0.15, 0.2) is 5.13 Å². The maximum absolute atomic E-state index is 13.6. The van der Waals surface area contributed by atoms with E-state index in [2.05, 4.69) is 15.6 Å². The normalized spacial score (nSPS) is 16.5. The quantitative estimate of drug-likeness (QED) is 0.456. The minimum Gasteiger partial charge on any atom is -0.495 e. The summed E-state index contributed by atoms with van der Waals surface area (Å²) in [7, 11) is -0.353. The van der Waals surface area contributed by atoms with Gasteiger partial charge in [-0.15, -0.1) is 11.3 Å². The highest BCUT2D eigenvalue weighted by Crippen LogP contribution is 2.34. The molecule has 1 aliphatic heterocycles. The first-order valence-corrected chi connectivity index (χ1v) is 14.2. The lowest BCUT2D eigenvalue weighted by Crippen LogP contribution is -2.44. The number of nitrogens with one attached hydrogen (secondary N) is 2. The van der Waals surface area contributed by atoms with E-state index in [1.165, 1.54) is 15.6 Å². The maximum Gasteiger partial charge on any atom is 0.243 e. The van der Waals surface area contributed by atoms with Gasteiger partial charge in [-0.3, -0.25) is 4.79 Å². The third-order valence-electron chi connectivity index (χ3n) is 6.43. The molecule has 1 unspecified atom stereocenters. The molecule has 0 saturated carbocycles. The monoisotopic (exact) mass is 528 g/mol. The number of ether oxygens (including phenoxy) is 1. The first-order chi connectivity index (χ1) is 17.1. The van der Waals surface area contributed by atoms with Gasteiger partial charge >= 0.3 is 0 Å². The number of rotatable bonds is 7. The van der Waals surface area contributed by atoms with Gasteiger partial charge in [-0.25, -0.2) is 13.4 Å². The minimum atomic E-state index is -3.72. The molecule has 2 aromatic carbocycles. The molecule has 2 heterocycles. The lowest BCUT2D eigenvalue weighted by molar-refractivity contribution is -0.120. The van der Waals surface area contributed by atoms with Crippen molar-refractivity contribution in [2.24, 2.45) is 5.92 Å². The molecule has 4 rings (SSSR count). The summed E-state index contributed by atoms with van der Waals surface area (Å²) in [4.78, 5) is 18.2. The zero-order valence-corrected chi connectivity index (χ0v) is 22.8. The summed E-state index contributed by atoms with van der Waals surface area (Å²) < 4.78 is 34.0. The number of methoxy groups -OCH3 is 1. The summed E-state index contributed by atoms with van der Waals surface area (Å²) in [6, 6.07) is 9.29. The van der Waals surface area contributed by atoms with E-state index in [9.17, 15) is 13.2 Å². The van der Waals surface area contributed by atoms with Gasteiger partial charge in [-0.05, 0) is 62.9 Å². The number of amides is 1. The van der Waals surface area contributed by atoms with E-state index in [0.29, 0.717) is 35.7 Å². The number of aryl methyl sites for hydroxylation is 3. The van der Waals surface area contributed by atoms with E-state index in [-0.39, 0.29) is 12.5 Å². The van der Waals surface area contributed by atoms with Crippen molar-refractivity contribution in [3.05, 3.63) is 52.4 Å². The number of benzene rings is 2. The molecule has 1 aliphatic rings. The Hall–Kier alpha value is -2.95. The third-order valence-corrected chi connectivity index (χ3v) is 9.46. The average molecular weight is 529 g/mol. The molecule has 1 aromatic heterocycles. The summed E-state index contributed by atoms with van der Waals surface area (Å²) in [5.74, 6) is -0.164. The number of hydrogen-bond donors (Lipinski definition) is 2. The summed E-state index contributed by atoms with van der Waals surface area (Å²) in [5, 5.41) is 8.75. The molecule has 8 nitrogen and oxygen atoms in total. The summed E-state index contributed by atoms with van der Waals surface area (Å²) in [6.45, 7) is 6.13. The van der Waals surface area contributed by atoms with Crippen molar-refractivity contribution < 1.29 is 17.9 Å². The first-order valence-electron chi connectivity index (χ1n) is 11.8. The van der Waals surface area contributed by atoms with E-state index in [1.54, 1.807) is 13.2 Å². The number of thiazole rings is 1. The molecule has 1 atom stereocenters. The van der Waals surface area contributed by atoms with Crippen LogP contribution in [0.5, 0.6) is 5.75 Å². The van der Waals surface area contributed by atoms with Crippen LogP contribution in [0.15, 0.2) is 40.6 Å². The van der Waals surface area contributed by atoms with Gasteiger partial charge in [0.2, 0.25) is 15.9 Å². The van der Waals surface area contributed by atoms with E-state index in [4.69, 9.17) is 4.74 Å². The average Bonchev–Trinajstić information content (AvgIpc) is 3.33. The Morgan fingerprint density at radius 3 is 2.53 bits per heavy atom. The molecule has 10 heteroatoms. The summed E-state index contributed by atoms with van der Waals surface area (Å²) >= 11 is 1.50. The highest BCUT2D eigenvalue weighted by atomic mass is 32.2. The lowest BCUT2D eigenvalue weighted by Gasteiger charge is -2.32. The molecule has 1 saturated heterocycles. The number of carbonyl (C=O) groups is 1. The van der Waals surface area contributed by atoms with Crippen molar-refractivity contribution >= 4 is 38.1 Å². The molecule has 36 heavy (non-hydrogen) atoms. The number of aromatic nitrogens is 1. The largest absolute Gasteiger partial charge is 0.495 e. The van der Waals surface area contributed by atoms with E-state index < -0.39 is 15.9 Å². The lowest BCUT2D eigenvalue weighted by atomic mass is 9.98. The SMILES string of the molecule is CNc1nc(-c2ccc(OC)c(NC(=O)C3CCCN(S(=O)(=O)c4c(C)cc(C)cc4C)C3)c2)cs1. The van der Waals surface area contributed by atoms with Crippen molar-refractivity contribution in [1.29, 1.82) is 0 Å². The fourth-order valence-electron chi connectivity index (χ4n) is 4.80. The molecule has 3 aromatic rings. The summed E-state index contributed by atoms with van der Waals surface area (Å²) in [6.07, 6.45) is 1.23. The van der Waals surface area contributed by atoms with Crippen molar-refractivity contribution in [2.45, 2.75) is 38.5 Å². The maximum atomic E-state index is 13.6. The fourth-order valence-corrected chi connectivity index (χ4v) is 7.41.